The molecule has 1 aliphatic heterocycles. The molecule has 0 spiro atoms. The average Bonchev–Trinajstić information content (AvgIpc) is 3.20. The van der Waals surface area contributed by atoms with Crippen molar-refractivity contribution < 1.29 is 4.79 Å². The minimum Gasteiger partial charge on any atom is -0.334 e. The molecule has 4 rings (SSSR count). The Balaban J connectivity index is 1.66. The molecule has 1 atom stereocenters. The number of imidazole rings is 1. The average molecular weight is 300 g/mol. The SMILES string of the molecule is O=C(CC1CC1)N1CCCCC1c1cc(=O)n2ccnc2[nH]1. The van der Waals surface area contributed by atoms with Crippen LogP contribution < -0.4 is 5.56 Å². The van der Waals surface area contributed by atoms with E-state index in [4.69, 9.17) is 0 Å². The Morgan fingerprint density at radius 2 is 2.18 bits per heavy atom. The van der Waals surface area contributed by atoms with Crippen LogP contribution in [-0.2, 0) is 4.79 Å². The van der Waals surface area contributed by atoms with Gasteiger partial charge in [0.1, 0.15) is 0 Å². The lowest BCUT2D eigenvalue weighted by Crippen LogP contribution is -2.39. The molecule has 2 aromatic rings. The summed E-state index contributed by atoms with van der Waals surface area (Å²) in [6.45, 7) is 0.790. The number of carbonyl (C=O) groups is 1. The highest BCUT2D eigenvalue weighted by molar-refractivity contribution is 5.77. The zero-order chi connectivity index (χ0) is 15.1. The number of likely N-dealkylation sites (tertiary alicyclic amines) is 1. The van der Waals surface area contributed by atoms with E-state index in [0.29, 0.717) is 18.1 Å². The summed E-state index contributed by atoms with van der Waals surface area (Å²) in [6.07, 6.45) is 9.31. The topological polar surface area (TPSA) is 70.5 Å². The van der Waals surface area contributed by atoms with Crippen LogP contribution in [0.1, 0.15) is 50.3 Å². The molecule has 1 unspecified atom stereocenters. The summed E-state index contributed by atoms with van der Waals surface area (Å²) in [5.74, 6) is 1.36. The molecule has 2 fully saturated rings. The van der Waals surface area contributed by atoms with Crippen molar-refractivity contribution in [3.8, 4) is 0 Å². The first-order valence-corrected chi connectivity index (χ1v) is 8.08. The van der Waals surface area contributed by atoms with E-state index in [2.05, 4.69) is 9.97 Å². The molecule has 1 amide bonds. The Labute approximate surface area is 128 Å². The van der Waals surface area contributed by atoms with Crippen LogP contribution in [0.4, 0.5) is 0 Å². The number of nitrogens with one attached hydrogen (secondary N) is 1. The molecular weight excluding hydrogens is 280 g/mol. The molecule has 2 aliphatic rings. The largest absolute Gasteiger partial charge is 0.334 e. The smallest absolute Gasteiger partial charge is 0.259 e. The monoisotopic (exact) mass is 300 g/mol. The number of piperidine rings is 1. The van der Waals surface area contributed by atoms with E-state index in [1.807, 2.05) is 4.90 Å². The van der Waals surface area contributed by atoms with E-state index in [0.717, 1.165) is 31.5 Å². The van der Waals surface area contributed by atoms with Crippen molar-refractivity contribution in [3.63, 3.8) is 0 Å². The molecule has 0 radical (unpaired) electrons. The van der Waals surface area contributed by atoms with E-state index >= 15 is 0 Å². The quantitative estimate of drug-likeness (QED) is 0.941. The molecule has 1 aliphatic carbocycles. The maximum Gasteiger partial charge on any atom is 0.259 e. The number of fused-ring (bicyclic) bond motifs is 1. The van der Waals surface area contributed by atoms with Crippen LogP contribution in [0.5, 0.6) is 0 Å². The first kappa shape index (κ1) is 13.5. The molecule has 3 heterocycles. The minimum atomic E-state index is -0.0959. The fourth-order valence-electron chi connectivity index (χ4n) is 3.36. The molecule has 6 heteroatoms. The normalized spacial score (nSPS) is 22.2. The van der Waals surface area contributed by atoms with Crippen molar-refractivity contribution in [3.05, 3.63) is 34.5 Å². The van der Waals surface area contributed by atoms with Crippen LogP contribution in [0.3, 0.4) is 0 Å². The van der Waals surface area contributed by atoms with Crippen molar-refractivity contribution in [2.75, 3.05) is 6.54 Å². The molecular formula is C16H20N4O2. The highest BCUT2D eigenvalue weighted by Crippen LogP contribution is 2.36. The number of hydrogen-bond donors (Lipinski definition) is 1. The van der Waals surface area contributed by atoms with Gasteiger partial charge in [-0.1, -0.05) is 0 Å². The van der Waals surface area contributed by atoms with Crippen LogP contribution in [0, 0.1) is 5.92 Å². The van der Waals surface area contributed by atoms with Crippen molar-refractivity contribution in [2.45, 2.75) is 44.6 Å². The lowest BCUT2D eigenvalue weighted by molar-refractivity contribution is -0.135. The maximum absolute atomic E-state index is 12.5. The van der Waals surface area contributed by atoms with Gasteiger partial charge in [-0.05, 0) is 38.0 Å². The van der Waals surface area contributed by atoms with Gasteiger partial charge in [0.15, 0.2) is 0 Å². The molecule has 2 aromatic heterocycles. The first-order chi connectivity index (χ1) is 10.7. The Bertz CT molecular complexity index is 759. The summed E-state index contributed by atoms with van der Waals surface area (Å²) in [5, 5.41) is 0. The maximum atomic E-state index is 12.5. The second-order valence-corrected chi connectivity index (χ2v) is 6.43. The zero-order valence-corrected chi connectivity index (χ0v) is 12.5. The van der Waals surface area contributed by atoms with Gasteiger partial charge in [0.05, 0.1) is 6.04 Å². The molecule has 0 aromatic carbocycles. The van der Waals surface area contributed by atoms with Gasteiger partial charge in [-0.3, -0.25) is 14.0 Å². The van der Waals surface area contributed by atoms with Gasteiger partial charge in [-0.15, -0.1) is 0 Å². The summed E-state index contributed by atoms with van der Waals surface area (Å²) in [5.41, 5.74) is 0.717. The Morgan fingerprint density at radius 3 is 3.00 bits per heavy atom. The molecule has 116 valence electrons. The number of carbonyl (C=O) groups excluding carboxylic acids is 1. The van der Waals surface area contributed by atoms with E-state index in [-0.39, 0.29) is 17.5 Å². The van der Waals surface area contributed by atoms with Crippen LogP contribution in [0.15, 0.2) is 23.3 Å². The van der Waals surface area contributed by atoms with Gasteiger partial charge in [0.2, 0.25) is 11.7 Å². The number of H-pyrrole nitrogens is 1. The predicted octanol–water partition coefficient (Wildman–Crippen LogP) is 1.88. The van der Waals surface area contributed by atoms with Crippen LogP contribution in [0.25, 0.3) is 5.78 Å². The lowest BCUT2D eigenvalue weighted by Gasteiger charge is -2.36. The van der Waals surface area contributed by atoms with Gasteiger partial charge in [0.25, 0.3) is 5.56 Å². The molecule has 1 saturated carbocycles. The fraction of sp³-hybridized carbons (Fsp3) is 0.562. The number of nitrogens with zero attached hydrogens (tertiary/aromatic N) is 3. The van der Waals surface area contributed by atoms with Crippen molar-refractivity contribution in [1.82, 2.24) is 19.3 Å². The lowest BCUT2D eigenvalue weighted by atomic mass is 9.98. The van der Waals surface area contributed by atoms with Gasteiger partial charge >= 0.3 is 0 Å². The molecule has 1 N–H and O–H groups in total. The minimum absolute atomic E-state index is 0.0191. The van der Waals surface area contributed by atoms with Crippen molar-refractivity contribution in [2.24, 2.45) is 5.92 Å². The third-order valence-electron chi connectivity index (χ3n) is 4.76. The van der Waals surface area contributed by atoms with Crippen LogP contribution >= 0.6 is 0 Å². The Kier molecular flexibility index (Phi) is 3.24. The van der Waals surface area contributed by atoms with Gasteiger partial charge in [-0.2, -0.15) is 0 Å². The van der Waals surface area contributed by atoms with Gasteiger partial charge in [-0.25, -0.2) is 4.98 Å². The highest BCUT2D eigenvalue weighted by atomic mass is 16.2. The summed E-state index contributed by atoms with van der Waals surface area (Å²) in [6, 6.07) is 1.59. The summed E-state index contributed by atoms with van der Waals surface area (Å²) >= 11 is 0. The highest BCUT2D eigenvalue weighted by Gasteiger charge is 2.32. The number of hydrogen-bond acceptors (Lipinski definition) is 3. The Morgan fingerprint density at radius 1 is 1.32 bits per heavy atom. The zero-order valence-electron chi connectivity index (χ0n) is 12.5. The second-order valence-electron chi connectivity index (χ2n) is 6.43. The van der Waals surface area contributed by atoms with Crippen LogP contribution in [0.2, 0.25) is 0 Å². The molecule has 1 saturated heterocycles. The van der Waals surface area contributed by atoms with Gasteiger partial charge < -0.3 is 9.88 Å². The molecule has 6 nitrogen and oxygen atoms in total. The summed E-state index contributed by atoms with van der Waals surface area (Å²) < 4.78 is 1.49. The van der Waals surface area contributed by atoms with Crippen molar-refractivity contribution in [1.29, 1.82) is 0 Å². The standard InChI is InChI=1S/C16H20N4O2/c21-14(9-11-4-5-11)19-7-2-1-3-13(19)12-10-15(22)20-8-6-17-16(20)18-12/h6,8,10-11,13H,1-5,7,9H2,(H,17,18). The number of amides is 1. The number of rotatable bonds is 3. The van der Waals surface area contributed by atoms with Gasteiger partial charge in [0, 0.05) is 37.1 Å². The van der Waals surface area contributed by atoms with E-state index in [1.54, 1.807) is 18.5 Å². The molecule has 0 bridgehead atoms. The third kappa shape index (κ3) is 2.42. The van der Waals surface area contributed by atoms with E-state index in [9.17, 15) is 9.59 Å². The van der Waals surface area contributed by atoms with E-state index < -0.39 is 0 Å². The molecule has 22 heavy (non-hydrogen) atoms. The number of aromatic nitrogens is 3. The first-order valence-electron chi connectivity index (χ1n) is 8.08. The number of aromatic amines is 1. The second kappa shape index (κ2) is 5.26. The Hall–Kier alpha value is -2.11. The predicted molar refractivity (Wildman–Crippen MR) is 81.5 cm³/mol. The third-order valence-corrected chi connectivity index (χ3v) is 4.76. The van der Waals surface area contributed by atoms with E-state index in [1.165, 1.54) is 17.2 Å². The van der Waals surface area contributed by atoms with Crippen LogP contribution in [-0.4, -0.2) is 31.7 Å². The summed E-state index contributed by atoms with van der Waals surface area (Å²) in [7, 11) is 0. The summed E-state index contributed by atoms with van der Waals surface area (Å²) in [4.78, 5) is 34.1. The van der Waals surface area contributed by atoms with Crippen molar-refractivity contribution >= 4 is 11.7 Å². The fourth-order valence-corrected chi connectivity index (χ4v) is 3.36.